The minimum atomic E-state index is -0.853. The lowest BCUT2D eigenvalue weighted by atomic mass is 10.1. The molecular formula is C14H21NO2. The third kappa shape index (κ3) is 4.57. The molecule has 0 aromatic heterocycles. The van der Waals surface area contributed by atoms with Crippen molar-refractivity contribution in [2.24, 2.45) is 0 Å². The summed E-state index contributed by atoms with van der Waals surface area (Å²) in [5.74, 6) is -0.140. The number of para-hydroxylation sites is 1. The number of nitrogens with one attached hydrogen (secondary N) is 1. The van der Waals surface area contributed by atoms with Crippen molar-refractivity contribution in [3.8, 4) is 0 Å². The summed E-state index contributed by atoms with van der Waals surface area (Å²) in [7, 11) is 0. The summed E-state index contributed by atoms with van der Waals surface area (Å²) < 4.78 is 5.75. The Balaban J connectivity index is 2.70. The average Bonchev–Trinajstić information content (AvgIpc) is 2.15. The van der Waals surface area contributed by atoms with Gasteiger partial charge in [-0.15, -0.1) is 0 Å². The Kier molecular flexibility index (Phi) is 3.94. The van der Waals surface area contributed by atoms with E-state index in [4.69, 9.17) is 4.74 Å². The highest BCUT2D eigenvalue weighted by atomic mass is 16.5. The molecule has 0 aliphatic heterocycles. The molecule has 0 aliphatic rings. The lowest BCUT2D eigenvalue weighted by Crippen LogP contribution is -2.44. The van der Waals surface area contributed by atoms with Crippen LogP contribution in [0, 0.1) is 0 Å². The molecule has 0 atom stereocenters. The molecule has 94 valence electrons. The van der Waals surface area contributed by atoms with Crippen LogP contribution in [0.4, 0.5) is 5.69 Å². The van der Waals surface area contributed by atoms with E-state index in [0.717, 1.165) is 5.69 Å². The van der Waals surface area contributed by atoms with E-state index in [0.29, 0.717) is 0 Å². The zero-order chi connectivity index (χ0) is 13.1. The van der Waals surface area contributed by atoms with Crippen molar-refractivity contribution in [1.82, 2.24) is 0 Å². The molecule has 0 saturated heterocycles. The number of benzene rings is 1. The van der Waals surface area contributed by atoms with Crippen LogP contribution < -0.4 is 5.32 Å². The van der Waals surface area contributed by atoms with E-state index >= 15 is 0 Å². The molecule has 0 spiro atoms. The summed E-state index contributed by atoms with van der Waals surface area (Å²) in [6.45, 7) is 9.35. The minimum Gasteiger partial charge on any atom is -0.360 e. The molecule has 3 heteroatoms. The van der Waals surface area contributed by atoms with E-state index in [2.05, 4.69) is 5.32 Å². The van der Waals surface area contributed by atoms with Crippen LogP contribution in [0.25, 0.3) is 0 Å². The van der Waals surface area contributed by atoms with Crippen LogP contribution in [0.5, 0.6) is 0 Å². The Morgan fingerprint density at radius 1 is 1.06 bits per heavy atom. The monoisotopic (exact) mass is 235 g/mol. The van der Waals surface area contributed by atoms with Crippen LogP contribution in [0.15, 0.2) is 30.3 Å². The van der Waals surface area contributed by atoms with Gasteiger partial charge in [0.1, 0.15) is 5.60 Å². The molecule has 1 aromatic rings. The van der Waals surface area contributed by atoms with E-state index in [1.165, 1.54) is 0 Å². The summed E-state index contributed by atoms with van der Waals surface area (Å²) in [5, 5.41) is 2.84. The second-order valence-electron chi connectivity index (χ2n) is 5.54. The van der Waals surface area contributed by atoms with Crippen molar-refractivity contribution >= 4 is 11.6 Å². The Bertz CT molecular complexity index is 377. The normalized spacial score (nSPS) is 12.3. The molecule has 1 rings (SSSR count). The summed E-state index contributed by atoms with van der Waals surface area (Å²) >= 11 is 0. The standard InChI is InChI=1S/C14H21NO2/c1-13(2,3)17-14(4,5)12(16)15-11-9-7-6-8-10-11/h6-10H,1-5H3,(H,15,16). The van der Waals surface area contributed by atoms with Crippen LogP contribution >= 0.6 is 0 Å². The highest BCUT2D eigenvalue weighted by Gasteiger charge is 2.33. The Morgan fingerprint density at radius 3 is 2.06 bits per heavy atom. The fourth-order valence-corrected chi connectivity index (χ4v) is 1.61. The van der Waals surface area contributed by atoms with Gasteiger partial charge in [-0.05, 0) is 46.8 Å². The SMILES string of the molecule is CC(C)(C)OC(C)(C)C(=O)Nc1ccccc1. The molecule has 3 nitrogen and oxygen atoms in total. The third-order valence-electron chi connectivity index (χ3n) is 2.14. The molecule has 1 N–H and O–H groups in total. The van der Waals surface area contributed by atoms with Gasteiger partial charge in [-0.3, -0.25) is 4.79 Å². The van der Waals surface area contributed by atoms with Crippen molar-refractivity contribution in [3.63, 3.8) is 0 Å². The van der Waals surface area contributed by atoms with E-state index in [-0.39, 0.29) is 11.5 Å². The number of hydrogen-bond acceptors (Lipinski definition) is 2. The van der Waals surface area contributed by atoms with Gasteiger partial charge in [0.05, 0.1) is 5.60 Å². The highest BCUT2D eigenvalue weighted by Crippen LogP contribution is 2.21. The lowest BCUT2D eigenvalue weighted by molar-refractivity contribution is -0.154. The highest BCUT2D eigenvalue weighted by molar-refractivity contribution is 5.96. The van der Waals surface area contributed by atoms with Gasteiger partial charge in [-0.2, -0.15) is 0 Å². The molecular weight excluding hydrogens is 214 g/mol. The molecule has 17 heavy (non-hydrogen) atoms. The van der Waals surface area contributed by atoms with Crippen LogP contribution in [0.2, 0.25) is 0 Å². The number of ether oxygens (including phenoxy) is 1. The molecule has 1 aromatic carbocycles. The fourth-order valence-electron chi connectivity index (χ4n) is 1.61. The number of carbonyl (C=O) groups excluding carboxylic acids is 1. The quantitative estimate of drug-likeness (QED) is 0.873. The summed E-state index contributed by atoms with van der Waals surface area (Å²) in [4.78, 5) is 12.1. The number of hydrogen-bond donors (Lipinski definition) is 1. The van der Waals surface area contributed by atoms with Crippen molar-refractivity contribution in [2.45, 2.75) is 45.8 Å². The Morgan fingerprint density at radius 2 is 1.59 bits per heavy atom. The van der Waals surface area contributed by atoms with Gasteiger partial charge in [-0.1, -0.05) is 18.2 Å². The zero-order valence-corrected chi connectivity index (χ0v) is 11.2. The molecule has 0 aliphatic carbocycles. The minimum absolute atomic E-state index is 0.140. The predicted molar refractivity (Wildman–Crippen MR) is 70.0 cm³/mol. The van der Waals surface area contributed by atoms with Gasteiger partial charge in [0.15, 0.2) is 0 Å². The van der Waals surface area contributed by atoms with Gasteiger partial charge in [0, 0.05) is 5.69 Å². The maximum absolute atomic E-state index is 12.1. The number of rotatable bonds is 3. The fraction of sp³-hybridized carbons (Fsp3) is 0.500. The summed E-state index contributed by atoms with van der Waals surface area (Å²) in [6, 6.07) is 9.38. The Labute approximate surface area is 103 Å². The molecule has 0 fully saturated rings. The first-order chi connectivity index (χ1) is 7.71. The van der Waals surface area contributed by atoms with Crippen molar-refractivity contribution < 1.29 is 9.53 Å². The zero-order valence-electron chi connectivity index (χ0n) is 11.2. The number of amides is 1. The third-order valence-corrected chi connectivity index (χ3v) is 2.14. The predicted octanol–water partition coefficient (Wildman–Crippen LogP) is 3.22. The van der Waals surface area contributed by atoms with Gasteiger partial charge in [-0.25, -0.2) is 0 Å². The molecule has 0 saturated carbocycles. The smallest absolute Gasteiger partial charge is 0.256 e. The second-order valence-corrected chi connectivity index (χ2v) is 5.54. The van der Waals surface area contributed by atoms with Crippen LogP contribution in [0.3, 0.4) is 0 Å². The molecule has 0 bridgehead atoms. The van der Waals surface area contributed by atoms with E-state index in [1.54, 1.807) is 13.8 Å². The second kappa shape index (κ2) is 4.88. The van der Waals surface area contributed by atoms with Gasteiger partial charge in [0.2, 0.25) is 0 Å². The van der Waals surface area contributed by atoms with Gasteiger partial charge in [0.25, 0.3) is 5.91 Å². The first-order valence-corrected chi connectivity index (χ1v) is 5.77. The molecule has 0 radical (unpaired) electrons. The van der Waals surface area contributed by atoms with E-state index in [9.17, 15) is 4.79 Å². The van der Waals surface area contributed by atoms with Crippen LogP contribution in [0.1, 0.15) is 34.6 Å². The first kappa shape index (κ1) is 13.7. The van der Waals surface area contributed by atoms with Crippen molar-refractivity contribution in [1.29, 1.82) is 0 Å². The Hall–Kier alpha value is -1.35. The average molecular weight is 235 g/mol. The number of anilines is 1. The first-order valence-electron chi connectivity index (χ1n) is 5.77. The molecule has 0 heterocycles. The summed E-state index contributed by atoms with van der Waals surface area (Å²) in [5.41, 5.74) is -0.422. The van der Waals surface area contributed by atoms with E-state index < -0.39 is 5.60 Å². The van der Waals surface area contributed by atoms with Crippen molar-refractivity contribution in [2.75, 3.05) is 5.32 Å². The van der Waals surface area contributed by atoms with E-state index in [1.807, 2.05) is 51.1 Å². The van der Waals surface area contributed by atoms with Crippen LogP contribution in [-0.4, -0.2) is 17.1 Å². The van der Waals surface area contributed by atoms with Gasteiger partial charge >= 0.3 is 0 Å². The lowest BCUT2D eigenvalue weighted by Gasteiger charge is -2.32. The maximum atomic E-state index is 12.1. The van der Waals surface area contributed by atoms with Crippen LogP contribution in [-0.2, 0) is 9.53 Å². The largest absolute Gasteiger partial charge is 0.360 e. The molecule has 0 unspecified atom stereocenters. The maximum Gasteiger partial charge on any atom is 0.256 e. The van der Waals surface area contributed by atoms with Crippen molar-refractivity contribution in [3.05, 3.63) is 30.3 Å². The summed E-state index contributed by atoms with van der Waals surface area (Å²) in [6.07, 6.45) is 0. The number of carbonyl (C=O) groups is 1. The molecule has 1 amide bonds. The topological polar surface area (TPSA) is 38.3 Å². The van der Waals surface area contributed by atoms with Gasteiger partial charge < -0.3 is 10.1 Å².